The number of aromatic hydroxyl groups is 1. The summed E-state index contributed by atoms with van der Waals surface area (Å²) >= 11 is 1.39. The van der Waals surface area contributed by atoms with Crippen LogP contribution in [-0.4, -0.2) is 22.0 Å². The molecule has 4 rings (SSSR count). The number of carbonyl (C=O) groups excluding carboxylic acids is 1. The topological polar surface area (TPSA) is 74.2 Å². The minimum absolute atomic E-state index is 0.0348. The standard InChI is InChI=1S/C21H25N3O2S/c1-3-16(19(25)22-15-6-4-5-12(2)9-15)18-20(26)24-21(27-18)23-17-11-13-7-8-14(17)10-13/h4-9,13-14,16-17,26H,3,10-11H2,1-2H3,(H,22,25)(H,23,24). The highest BCUT2D eigenvalue weighted by Gasteiger charge is 2.36. The van der Waals surface area contributed by atoms with E-state index in [4.69, 9.17) is 0 Å². The van der Waals surface area contributed by atoms with Gasteiger partial charge in [-0.25, -0.2) is 0 Å². The van der Waals surface area contributed by atoms with Gasteiger partial charge in [0.1, 0.15) is 0 Å². The van der Waals surface area contributed by atoms with Crippen molar-refractivity contribution in [1.82, 2.24) is 4.98 Å². The fraction of sp³-hybridized carbons (Fsp3) is 0.429. The van der Waals surface area contributed by atoms with Gasteiger partial charge in [0.05, 0.1) is 10.8 Å². The number of nitrogens with one attached hydrogen (secondary N) is 2. The van der Waals surface area contributed by atoms with Crippen molar-refractivity contribution in [2.24, 2.45) is 11.8 Å². The first-order valence-electron chi connectivity index (χ1n) is 9.55. The summed E-state index contributed by atoms with van der Waals surface area (Å²) in [5.41, 5.74) is 1.86. The number of thiazole rings is 1. The van der Waals surface area contributed by atoms with Crippen molar-refractivity contribution in [3.8, 4) is 5.88 Å². The van der Waals surface area contributed by atoms with Gasteiger partial charge in [0.25, 0.3) is 0 Å². The van der Waals surface area contributed by atoms with Crippen LogP contribution in [-0.2, 0) is 4.79 Å². The Morgan fingerprint density at radius 2 is 2.22 bits per heavy atom. The average Bonchev–Trinajstić information content (AvgIpc) is 3.32. The van der Waals surface area contributed by atoms with Gasteiger partial charge in [0.2, 0.25) is 11.8 Å². The van der Waals surface area contributed by atoms with Crippen molar-refractivity contribution < 1.29 is 9.90 Å². The molecule has 1 heterocycles. The Kier molecular flexibility index (Phi) is 4.91. The third-order valence-electron chi connectivity index (χ3n) is 5.55. The van der Waals surface area contributed by atoms with Crippen LogP contribution in [0.4, 0.5) is 10.8 Å². The molecule has 2 aromatic rings. The van der Waals surface area contributed by atoms with Crippen molar-refractivity contribution >= 4 is 28.1 Å². The van der Waals surface area contributed by atoms with Crippen molar-refractivity contribution in [1.29, 1.82) is 0 Å². The zero-order chi connectivity index (χ0) is 19.0. The normalized spacial score (nSPS) is 24.1. The number of anilines is 2. The first-order chi connectivity index (χ1) is 13.0. The number of amides is 1. The van der Waals surface area contributed by atoms with Crippen molar-refractivity contribution in [2.75, 3.05) is 10.6 Å². The molecule has 0 radical (unpaired) electrons. The highest BCUT2D eigenvalue weighted by atomic mass is 32.1. The second kappa shape index (κ2) is 7.35. The molecule has 2 aliphatic rings. The number of allylic oxidation sites excluding steroid dienone is 1. The van der Waals surface area contributed by atoms with Gasteiger partial charge in [0.15, 0.2) is 5.13 Å². The predicted molar refractivity (Wildman–Crippen MR) is 109 cm³/mol. The molecule has 4 unspecified atom stereocenters. The molecular formula is C21H25N3O2S. The Bertz CT molecular complexity index is 876. The molecule has 0 saturated heterocycles. The van der Waals surface area contributed by atoms with E-state index in [1.807, 2.05) is 38.1 Å². The number of aromatic nitrogens is 1. The van der Waals surface area contributed by atoms with Crippen LogP contribution in [0.15, 0.2) is 36.4 Å². The number of benzene rings is 1. The molecule has 5 nitrogen and oxygen atoms in total. The Balaban J connectivity index is 1.48. The highest BCUT2D eigenvalue weighted by Crippen LogP contribution is 2.42. The maximum atomic E-state index is 12.8. The number of rotatable bonds is 6. The summed E-state index contributed by atoms with van der Waals surface area (Å²) in [6.07, 6.45) is 7.50. The van der Waals surface area contributed by atoms with Crippen LogP contribution in [0.5, 0.6) is 5.88 Å². The summed E-state index contributed by atoms with van der Waals surface area (Å²) in [4.78, 5) is 17.7. The molecule has 27 heavy (non-hydrogen) atoms. The number of aryl methyl sites for hydroxylation is 1. The lowest BCUT2D eigenvalue weighted by Gasteiger charge is -2.18. The van der Waals surface area contributed by atoms with Gasteiger partial charge in [-0.3, -0.25) is 4.79 Å². The van der Waals surface area contributed by atoms with Crippen LogP contribution >= 0.6 is 11.3 Å². The smallest absolute Gasteiger partial charge is 0.232 e. The summed E-state index contributed by atoms with van der Waals surface area (Å²) in [7, 11) is 0. The number of carbonyl (C=O) groups is 1. The van der Waals surface area contributed by atoms with Crippen LogP contribution in [0.2, 0.25) is 0 Å². The molecule has 1 saturated carbocycles. The van der Waals surface area contributed by atoms with E-state index in [0.717, 1.165) is 17.7 Å². The molecule has 1 aromatic heterocycles. The zero-order valence-corrected chi connectivity index (χ0v) is 16.4. The van der Waals surface area contributed by atoms with E-state index < -0.39 is 5.92 Å². The molecule has 142 valence electrons. The van der Waals surface area contributed by atoms with Gasteiger partial charge in [-0.05, 0) is 55.7 Å². The molecule has 4 atom stereocenters. The number of nitrogens with zero attached hydrogens (tertiary/aromatic N) is 1. The quantitative estimate of drug-likeness (QED) is 0.634. The second-order valence-corrected chi connectivity index (χ2v) is 8.59. The Morgan fingerprint density at radius 3 is 2.89 bits per heavy atom. The van der Waals surface area contributed by atoms with E-state index in [9.17, 15) is 9.90 Å². The van der Waals surface area contributed by atoms with Gasteiger partial charge < -0.3 is 15.7 Å². The maximum Gasteiger partial charge on any atom is 0.232 e. The molecule has 1 fully saturated rings. The fourth-order valence-electron chi connectivity index (χ4n) is 4.16. The lowest BCUT2D eigenvalue weighted by molar-refractivity contribution is -0.117. The largest absolute Gasteiger partial charge is 0.492 e. The lowest BCUT2D eigenvalue weighted by Crippen LogP contribution is -2.23. The number of hydrogen-bond donors (Lipinski definition) is 3. The molecule has 2 aliphatic carbocycles. The fourth-order valence-corrected chi connectivity index (χ4v) is 5.26. The summed E-state index contributed by atoms with van der Waals surface area (Å²) in [6.45, 7) is 3.94. The maximum absolute atomic E-state index is 12.8. The van der Waals surface area contributed by atoms with Crippen LogP contribution in [0.3, 0.4) is 0 Å². The minimum atomic E-state index is -0.418. The average molecular weight is 384 g/mol. The van der Waals surface area contributed by atoms with E-state index >= 15 is 0 Å². The molecule has 0 aliphatic heterocycles. The van der Waals surface area contributed by atoms with Crippen LogP contribution in [0.1, 0.15) is 42.5 Å². The van der Waals surface area contributed by atoms with Gasteiger partial charge in [-0.2, -0.15) is 4.98 Å². The first kappa shape index (κ1) is 18.0. The van der Waals surface area contributed by atoms with E-state index in [1.165, 1.54) is 17.8 Å². The lowest BCUT2D eigenvalue weighted by atomic mass is 10.0. The molecule has 3 N–H and O–H groups in total. The van der Waals surface area contributed by atoms with Gasteiger partial charge in [-0.1, -0.05) is 42.5 Å². The molecule has 1 aromatic carbocycles. The second-order valence-electron chi connectivity index (χ2n) is 7.56. The number of hydrogen-bond acceptors (Lipinski definition) is 5. The Hall–Kier alpha value is -2.34. The third-order valence-corrected chi connectivity index (χ3v) is 6.64. The van der Waals surface area contributed by atoms with Gasteiger partial charge in [-0.15, -0.1) is 0 Å². The van der Waals surface area contributed by atoms with Crippen molar-refractivity contribution in [2.45, 2.75) is 45.1 Å². The Labute approximate surface area is 163 Å². The van der Waals surface area contributed by atoms with E-state index in [-0.39, 0.29) is 11.8 Å². The SMILES string of the molecule is CCC(C(=O)Nc1cccc(C)c1)c1sc(NC2CC3C=CC2C3)nc1O. The van der Waals surface area contributed by atoms with Crippen LogP contribution in [0.25, 0.3) is 0 Å². The van der Waals surface area contributed by atoms with E-state index in [1.54, 1.807) is 0 Å². The van der Waals surface area contributed by atoms with Crippen molar-refractivity contribution in [3.05, 3.63) is 46.9 Å². The summed E-state index contributed by atoms with van der Waals surface area (Å²) < 4.78 is 0. The molecule has 0 spiro atoms. The van der Waals surface area contributed by atoms with Crippen LogP contribution in [0, 0.1) is 18.8 Å². The summed E-state index contributed by atoms with van der Waals surface area (Å²) in [6, 6.07) is 8.10. The zero-order valence-electron chi connectivity index (χ0n) is 15.6. The first-order valence-corrected chi connectivity index (χ1v) is 10.4. The summed E-state index contributed by atoms with van der Waals surface area (Å²) in [5, 5.41) is 17.5. The van der Waals surface area contributed by atoms with E-state index in [2.05, 4.69) is 27.8 Å². The number of fused-ring (bicyclic) bond motifs is 2. The molecule has 2 bridgehead atoms. The van der Waals surface area contributed by atoms with Crippen molar-refractivity contribution in [3.63, 3.8) is 0 Å². The highest BCUT2D eigenvalue weighted by molar-refractivity contribution is 7.16. The molecule has 1 amide bonds. The summed E-state index contributed by atoms with van der Waals surface area (Å²) in [5.74, 6) is 0.655. The predicted octanol–water partition coefficient (Wildman–Crippen LogP) is 4.67. The molecule has 6 heteroatoms. The van der Waals surface area contributed by atoms with Crippen LogP contribution < -0.4 is 10.6 Å². The Morgan fingerprint density at radius 1 is 1.37 bits per heavy atom. The monoisotopic (exact) mass is 383 g/mol. The minimum Gasteiger partial charge on any atom is -0.492 e. The third kappa shape index (κ3) is 3.72. The van der Waals surface area contributed by atoms with E-state index in [0.29, 0.717) is 34.3 Å². The van der Waals surface area contributed by atoms with Gasteiger partial charge >= 0.3 is 0 Å². The molecular weight excluding hydrogens is 358 g/mol. The van der Waals surface area contributed by atoms with Gasteiger partial charge in [0, 0.05) is 11.7 Å².